The zero-order valence-corrected chi connectivity index (χ0v) is 27.3. The number of benzene rings is 6. The van der Waals surface area contributed by atoms with Crippen LogP contribution in [0.5, 0.6) is 0 Å². The van der Waals surface area contributed by atoms with Gasteiger partial charge in [0.25, 0.3) is 0 Å². The van der Waals surface area contributed by atoms with Gasteiger partial charge >= 0.3 is 0 Å². The molecule has 48 heavy (non-hydrogen) atoms. The highest BCUT2D eigenvalue weighted by atomic mass is 14.7. The van der Waals surface area contributed by atoms with Crippen molar-refractivity contribution in [2.45, 2.75) is 25.7 Å². The number of fused-ring (bicyclic) bond motifs is 1. The molecule has 0 aliphatic carbocycles. The molecule has 0 fully saturated rings. The highest BCUT2D eigenvalue weighted by Crippen LogP contribution is 2.28. The van der Waals surface area contributed by atoms with Crippen LogP contribution in [0, 0.1) is 0 Å². The van der Waals surface area contributed by atoms with E-state index in [0.29, 0.717) is 11.4 Å². The molecule has 0 amide bonds. The van der Waals surface area contributed by atoms with Crippen LogP contribution in [0.15, 0.2) is 158 Å². The van der Waals surface area contributed by atoms with Crippen LogP contribution in [0.2, 0.25) is 0 Å². The number of anilines is 2. The van der Waals surface area contributed by atoms with E-state index in [1.54, 1.807) is 0 Å². The average Bonchev–Trinajstić information content (AvgIpc) is 3.13. The van der Waals surface area contributed by atoms with Crippen LogP contribution in [-0.2, 0) is 25.7 Å². The monoisotopic (exact) mass is 622 g/mol. The highest BCUT2D eigenvalue weighted by molar-refractivity contribution is 5.89. The lowest BCUT2D eigenvalue weighted by atomic mass is 9.95. The first-order chi connectivity index (χ1) is 23.6. The third-order valence-electron chi connectivity index (χ3n) is 8.68. The summed E-state index contributed by atoms with van der Waals surface area (Å²) in [5.41, 5.74) is 23.7. The standard InChI is InChI=1S/C46H42N2/c47-45-41(23-11-19-36-15-5-2-6-16-36)33-34-42(46(45)48)24-12-22-40-32-31-39(43-25-7-8-26-44(40)43)21-10-20-38-29-27-37(28-30-38)18-9-17-35-13-3-1-4-14-35/h1-16,18,20,23-34H,17,19,21-22,47-48H2/b18-9-,20-10-,23-11-,24-12-. The number of nitrogen functional groups attached to an aromatic ring is 2. The van der Waals surface area contributed by atoms with Crippen LogP contribution in [0.3, 0.4) is 0 Å². The predicted molar refractivity (Wildman–Crippen MR) is 209 cm³/mol. The van der Waals surface area contributed by atoms with Gasteiger partial charge in [0.15, 0.2) is 0 Å². The minimum Gasteiger partial charge on any atom is -0.397 e. The molecule has 2 nitrogen and oxygen atoms in total. The second kappa shape index (κ2) is 16.1. The van der Waals surface area contributed by atoms with E-state index in [4.69, 9.17) is 11.5 Å². The summed E-state index contributed by atoms with van der Waals surface area (Å²) < 4.78 is 0. The summed E-state index contributed by atoms with van der Waals surface area (Å²) in [6, 6.07) is 47.0. The zero-order valence-electron chi connectivity index (χ0n) is 27.3. The summed E-state index contributed by atoms with van der Waals surface area (Å²) in [5.74, 6) is 0. The first kappa shape index (κ1) is 32.1. The van der Waals surface area contributed by atoms with Gasteiger partial charge in [-0.2, -0.15) is 0 Å². The molecule has 0 aliphatic heterocycles. The molecule has 0 radical (unpaired) electrons. The second-order valence-corrected chi connectivity index (χ2v) is 12.1. The van der Waals surface area contributed by atoms with Gasteiger partial charge < -0.3 is 11.5 Å². The Hall–Kier alpha value is -5.86. The van der Waals surface area contributed by atoms with Crippen molar-refractivity contribution in [3.8, 4) is 0 Å². The molecule has 0 aliphatic rings. The average molecular weight is 623 g/mol. The minimum atomic E-state index is 0.620. The van der Waals surface area contributed by atoms with Crippen molar-refractivity contribution in [2.75, 3.05) is 11.5 Å². The van der Waals surface area contributed by atoms with Gasteiger partial charge in [-0.1, -0.05) is 182 Å². The molecule has 4 N–H and O–H groups in total. The first-order valence-corrected chi connectivity index (χ1v) is 16.7. The maximum atomic E-state index is 6.47. The number of hydrogen-bond donors (Lipinski definition) is 2. The number of nitrogens with two attached hydrogens (primary N) is 2. The molecule has 0 saturated carbocycles. The van der Waals surface area contributed by atoms with Crippen molar-refractivity contribution in [3.63, 3.8) is 0 Å². The predicted octanol–water partition coefficient (Wildman–Crippen LogP) is 11.0. The maximum absolute atomic E-state index is 6.47. The van der Waals surface area contributed by atoms with Crippen LogP contribution < -0.4 is 11.5 Å². The molecule has 0 bridgehead atoms. The van der Waals surface area contributed by atoms with E-state index in [1.165, 1.54) is 44.2 Å². The Labute approximate surface area is 285 Å². The Bertz CT molecular complexity index is 2070. The molecule has 2 heteroatoms. The summed E-state index contributed by atoms with van der Waals surface area (Å²) in [7, 11) is 0. The Balaban J connectivity index is 1.07. The second-order valence-electron chi connectivity index (χ2n) is 12.1. The fourth-order valence-corrected chi connectivity index (χ4v) is 5.97. The SMILES string of the molecule is Nc1c(/C=C\Cc2ccccc2)ccc(/C=C\Cc2ccc(C/C=C\c3ccc(/C=C\Cc4ccccc4)cc3)c3ccccc23)c1N. The largest absolute Gasteiger partial charge is 0.397 e. The molecule has 0 aromatic heterocycles. The molecule has 0 heterocycles. The molecule has 0 atom stereocenters. The molecule has 0 spiro atoms. The fourth-order valence-electron chi connectivity index (χ4n) is 5.97. The van der Waals surface area contributed by atoms with E-state index in [2.05, 4.69) is 164 Å². The highest BCUT2D eigenvalue weighted by Gasteiger charge is 2.06. The number of rotatable bonds is 12. The van der Waals surface area contributed by atoms with Gasteiger partial charge in [0.05, 0.1) is 11.4 Å². The van der Waals surface area contributed by atoms with Crippen LogP contribution in [0.4, 0.5) is 11.4 Å². The Morgan fingerprint density at radius 3 is 1.19 bits per heavy atom. The van der Waals surface area contributed by atoms with E-state index in [1.807, 2.05) is 18.2 Å². The van der Waals surface area contributed by atoms with E-state index < -0.39 is 0 Å². The Morgan fingerprint density at radius 1 is 0.354 bits per heavy atom. The van der Waals surface area contributed by atoms with Crippen molar-refractivity contribution in [1.29, 1.82) is 0 Å². The molecular formula is C46H42N2. The van der Waals surface area contributed by atoms with Crippen LogP contribution in [0.25, 0.3) is 35.1 Å². The van der Waals surface area contributed by atoms with Crippen molar-refractivity contribution < 1.29 is 0 Å². The summed E-state index contributed by atoms with van der Waals surface area (Å²) in [6.07, 6.45) is 20.8. The smallest absolute Gasteiger partial charge is 0.0627 e. The minimum absolute atomic E-state index is 0.620. The van der Waals surface area contributed by atoms with Crippen molar-refractivity contribution in [2.24, 2.45) is 0 Å². The van der Waals surface area contributed by atoms with E-state index >= 15 is 0 Å². The third kappa shape index (κ3) is 8.48. The van der Waals surface area contributed by atoms with E-state index in [-0.39, 0.29) is 0 Å². The van der Waals surface area contributed by atoms with Crippen molar-refractivity contribution in [1.82, 2.24) is 0 Å². The van der Waals surface area contributed by atoms with Crippen molar-refractivity contribution in [3.05, 3.63) is 202 Å². The van der Waals surface area contributed by atoms with Crippen molar-refractivity contribution >= 4 is 46.5 Å². The summed E-state index contributed by atoms with van der Waals surface area (Å²) >= 11 is 0. The Kier molecular flexibility index (Phi) is 10.8. The summed E-state index contributed by atoms with van der Waals surface area (Å²) in [6.45, 7) is 0. The van der Waals surface area contributed by atoms with Gasteiger partial charge in [0.2, 0.25) is 0 Å². The van der Waals surface area contributed by atoms with Gasteiger partial charge in [0.1, 0.15) is 0 Å². The lowest BCUT2D eigenvalue weighted by molar-refractivity contribution is 1.26. The van der Waals surface area contributed by atoms with Gasteiger partial charge in [-0.3, -0.25) is 0 Å². The summed E-state index contributed by atoms with van der Waals surface area (Å²) in [4.78, 5) is 0. The van der Waals surface area contributed by atoms with E-state index in [0.717, 1.165) is 36.8 Å². The van der Waals surface area contributed by atoms with Gasteiger partial charge in [0, 0.05) is 0 Å². The van der Waals surface area contributed by atoms with Crippen LogP contribution in [0.1, 0.15) is 44.5 Å². The molecule has 6 aromatic carbocycles. The lowest BCUT2D eigenvalue weighted by Gasteiger charge is -2.10. The normalized spacial score (nSPS) is 11.9. The van der Waals surface area contributed by atoms with Crippen LogP contribution >= 0.6 is 0 Å². The molecule has 0 saturated heterocycles. The van der Waals surface area contributed by atoms with Gasteiger partial charge in [-0.15, -0.1) is 0 Å². The molecule has 6 rings (SSSR count). The first-order valence-electron chi connectivity index (χ1n) is 16.7. The zero-order chi connectivity index (χ0) is 33.0. The van der Waals surface area contributed by atoms with Gasteiger partial charge in [-0.05, 0) is 81.0 Å². The third-order valence-corrected chi connectivity index (χ3v) is 8.68. The molecular weight excluding hydrogens is 581 g/mol. The van der Waals surface area contributed by atoms with Gasteiger partial charge in [-0.25, -0.2) is 0 Å². The number of allylic oxidation sites excluding steroid dienone is 4. The quantitative estimate of drug-likeness (QED) is 0.133. The fraction of sp³-hybridized carbons (Fsp3) is 0.0870. The number of hydrogen-bond acceptors (Lipinski definition) is 2. The summed E-state index contributed by atoms with van der Waals surface area (Å²) in [5, 5.41) is 2.58. The van der Waals surface area contributed by atoms with Crippen LogP contribution in [-0.4, -0.2) is 0 Å². The Morgan fingerprint density at radius 2 is 0.729 bits per heavy atom. The molecule has 0 unspecified atom stereocenters. The van der Waals surface area contributed by atoms with E-state index in [9.17, 15) is 0 Å². The molecule has 6 aromatic rings. The lowest BCUT2D eigenvalue weighted by Crippen LogP contribution is -1.99. The maximum Gasteiger partial charge on any atom is 0.0627 e. The topological polar surface area (TPSA) is 52.0 Å². The molecule has 236 valence electrons.